The minimum Gasteiger partial charge on any atom is -0.383 e. The van der Waals surface area contributed by atoms with Gasteiger partial charge in [0.25, 0.3) is 11.8 Å². The third-order valence-electron chi connectivity index (χ3n) is 4.58. The van der Waals surface area contributed by atoms with E-state index in [9.17, 15) is 36.6 Å². The van der Waals surface area contributed by atoms with Crippen molar-refractivity contribution in [3.63, 3.8) is 0 Å². The lowest BCUT2D eigenvalue weighted by Gasteiger charge is -2.14. The van der Waals surface area contributed by atoms with E-state index in [0.717, 1.165) is 18.2 Å². The van der Waals surface area contributed by atoms with E-state index in [1.807, 2.05) is 0 Å². The predicted molar refractivity (Wildman–Crippen MR) is 125 cm³/mol. The molecule has 1 atom stereocenters. The number of alkyl halides is 2. The fourth-order valence-corrected chi connectivity index (χ4v) is 3.07. The van der Waals surface area contributed by atoms with E-state index in [1.54, 1.807) is 13.8 Å². The molecule has 0 aliphatic rings. The van der Waals surface area contributed by atoms with Gasteiger partial charge in [-0.25, -0.2) is 18.2 Å². The SMILES string of the molecule is CC(C)NC(=O)c1cc(-c2ccc(NC(=O)C(O)c3cc(F)cc(F)c3)cc2F)cnc1N.OC(F)F. The Bertz CT molecular complexity index is 1250. The molecule has 0 aliphatic heterocycles. The number of rotatable bonds is 6. The van der Waals surface area contributed by atoms with E-state index in [-0.39, 0.29) is 39.8 Å². The molecular formula is C24H23F5N4O4. The molecule has 13 heteroatoms. The van der Waals surface area contributed by atoms with Crippen molar-refractivity contribution >= 4 is 23.3 Å². The molecule has 1 aromatic heterocycles. The first-order chi connectivity index (χ1) is 17.3. The molecule has 3 rings (SSSR count). The maximum absolute atomic E-state index is 14.8. The van der Waals surface area contributed by atoms with Crippen molar-refractivity contribution in [2.24, 2.45) is 0 Å². The van der Waals surface area contributed by atoms with E-state index >= 15 is 0 Å². The van der Waals surface area contributed by atoms with E-state index in [1.165, 1.54) is 24.4 Å². The van der Waals surface area contributed by atoms with Gasteiger partial charge in [-0.15, -0.1) is 0 Å². The van der Waals surface area contributed by atoms with Crippen LogP contribution in [0.1, 0.15) is 35.9 Å². The number of aliphatic hydroxyl groups is 2. The minimum atomic E-state index is -3.17. The van der Waals surface area contributed by atoms with Gasteiger partial charge in [0.05, 0.1) is 5.56 Å². The second kappa shape index (κ2) is 12.7. The standard InChI is InChI=1S/C23H21F3N4O3.CH2F2O/c1-11(2)29-22(32)18-7-13(10-28-21(18)27)17-4-3-16(9-19(17)26)30-23(33)20(31)12-5-14(24)8-15(25)6-12;2-1(3)4/h3-11,20,31H,1-2H3,(H2,27,28)(H,29,32)(H,30,33);1,4H. The number of anilines is 2. The lowest BCUT2D eigenvalue weighted by atomic mass is 10.0. The van der Waals surface area contributed by atoms with Gasteiger partial charge >= 0.3 is 6.61 Å². The van der Waals surface area contributed by atoms with E-state index < -0.39 is 42.0 Å². The minimum absolute atomic E-state index is 0.00152. The summed E-state index contributed by atoms with van der Waals surface area (Å²) in [6.45, 7) is 0.388. The summed E-state index contributed by atoms with van der Waals surface area (Å²) in [5.74, 6) is -4.13. The molecule has 0 aliphatic carbocycles. The van der Waals surface area contributed by atoms with Crippen LogP contribution in [0.4, 0.5) is 33.5 Å². The smallest absolute Gasteiger partial charge is 0.342 e. The molecule has 198 valence electrons. The van der Waals surface area contributed by atoms with Gasteiger partial charge in [0.2, 0.25) is 0 Å². The Morgan fingerprint density at radius 3 is 2.11 bits per heavy atom. The van der Waals surface area contributed by atoms with Crippen LogP contribution < -0.4 is 16.4 Å². The van der Waals surface area contributed by atoms with Crippen LogP contribution in [0.2, 0.25) is 0 Å². The fourth-order valence-electron chi connectivity index (χ4n) is 3.07. The Balaban J connectivity index is 0.00000112. The highest BCUT2D eigenvalue weighted by Crippen LogP contribution is 2.28. The number of hydrogen-bond acceptors (Lipinski definition) is 6. The summed E-state index contributed by atoms with van der Waals surface area (Å²) in [6, 6.07) is 7.20. The van der Waals surface area contributed by atoms with Gasteiger partial charge in [-0.05, 0) is 55.8 Å². The zero-order valence-electron chi connectivity index (χ0n) is 19.5. The van der Waals surface area contributed by atoms with Crippen LogP contribution in [0, 0.1) is 17.5 Å². The second-order valence-electron chi connectivity index (χ2n) is 7.85. The van der Waals surface area contributed by atoms with Crippen molar-refractivity contribution in [3.05, 3.63) is 77.2 Å². The number of benzene rings is 2. The summed E-state index contributed by atoms with van der Waals surface area (Å²) in [7, 11) is 0. The van der Waals surface area contributed by atoms with Crippen LogP contribution in [0.5, 0.6) is 0 Å². The number of nitrogen functional groups attached to an aromatic ring is 1. The van der Waals surface area contributed by atoms with Crippen molar-refractivity contribution in [1.29, 1.82) is 0 Å². The Morgan fingerprint density at radius 1 is 0.973 bits per heavy atom. The average molecular weight is 526 g/mol. The zero-order chi connectivity index (χ0) is 27.9. The number of aliphatic hydroxyl groups excluding tert-OH is 2. The zero-order valence-corrected chi connectivity index (χ0v) is 19.5. The van der Waals surface area contributed by atoms with Crippen LogP contribution in [-0.2, 0) is 4.79 Å². The Morgan fingerprint density at radius 2 is 1.57 bits per heavy atom. The molecule has 0 saturated heterocycles. The molecule has 1 unspecified atom stereocenters. The van der Waals surface area contributed by atoms with E-state index in [0.29, 0.717) is 6.07 Å². The monoisotopic (exact) mass is 526 g/mol. The first-order valence-electron chi connectivity index (χ1n) is 10.6. The van der Waals surface area contributed by atoms with Gasteiger partial charge in [0, 0.05) is 35.1 Å². The number of aromatic nitrogens is 1. The van der Waals surface area contributed by atoms with Crippen molar-refractivity contribution in [2.45, 2.75) is 32.6 Å². The van der Waals surface area contributed by atoms with Gasteiger partial charge in [0.15, 0.2) is 6.10 Å². The van der Waals surface area contributed by atoms with Gasteiger partial charge < -0.3 is 26.6 Å². The Labute approximate surface area is 208 Å². The van der Waals surface area contributed by atoms with Crippen molar-refractivity contribution in [3.8, 4) is 11.1 Å². The predicted octanol–water partition coefficient (Wildman–Crippen LogP) is 3.76. The van der Waals surface area contributed by atoms with Gasteiger partial charge in [-0.1, -0.05) is 0 Å². The van der Waals surface area contributed by atoms with Gasteiger partial charge in [-0.3, -0.25) is 9.59 Å². The molecule has 3 aromatic rings. The number of nitrogens with one attached hydrogen (secondary N) is 2. The molecular weight excluding hydrogens is 503 g/mol. The van der Waals surface area contributed by atoms with Crippen molar-refractivity contribution in [2.75, 3.05) is 11.1 Å². The first-order valence-corrected chi connectivity index (χ1v) is 10.6. The number of halogens is 5. The van der Waals surface area contributed by atoms with Gasteiger partial charge in [-0.2, -0.15) is 8.78 Å². The molecule has 0 fully saturated rings. The highest BCUT2D eigenvalue weighted by molar-refractivity contribution is 5.99. The molecule has 1 heterocycles. The largest absolute Gasteiger partial charge is 0.383 e. The second-order valence-corrected chi connectivity index (χ2v) is 7.85. The third kappa shape index (κ3) is 8.51. The molecule has 6 N–H and O–H groups in total. The third-order valence-corrected chi connectivity index (χ3v) is 4.58. The lowest BCUT2D eigenvalue weighted by Crippen LogP contribution is -2.30. The van der Waals surface area contributed by atoms with Crippen LogP contribution in [0.3, 0.4) is 0 Å². The van der Waals surface area contributed by atoms with Crippen LogP contribution >= 0.6 is 0 Å². The first kappa shape index (κ1) is 29.1. The lowest BCUT2D eigenvalue weighted by molar-refractivity contribution is -0.124. The molecule has 0 radical (unpaired) electrons. The number of amides is 2. The van der Waals surface area contributed by atoms with Crippen molar-refractivity contribution < 1.29 is 41.8 Å². The summed E-state index contributed by atoms with van der Waals surface area (Å²) in [6.07, 6.45) is -0.568. The highest BCUT2D eigenvalue weighted by atomic mass is 19.3. The van der Waals surface area contributed by atoms with Crippen LogP contribution in [0.15, 0.2) is 48.7 Å². The molecule has 0 saturated carbocycles. The summed E-state index contributed by atoms with van der Waals surface area (Å²) in [5.41, 5.74) is 5.94. The summed E-state index contributed by atoms with van der Waals surface area (Å²) < 4.78 is 61.2. The normalized spacial score (nSPS) is 11.5. The quantitative estimate of drug-likeness (QED) is 0.310. The Kier molecular flexibility index (Phi) is 10.0. The van der Waals surface area contributed by atoms with Crippen LogP contribution in [0.25, 0.3) is 11.1 Å². The summed E-state index contributed by atoms with van der Waals surface area (Å²) >= 11 is 0. The highest BCUT2D eigenvalue weighted by Gasteiger charge is 2.20. The molecule has 2 amide bonds. The molecule has 0 bridgehead atoms. The van der Waals surface area contributed by atoms with Crippen LogP contribution in [-0.4, -0.2) is 39.7 Å². The van der Waals surface area contributed by atoms with Gasteiger partial charge in [0.1, 0.15) is 23.3 Å². The Hall–Kier alpha value is -4.10. The average Bonchev–Trinajstić information content (AvgIpc) is 2.77. The topological polar surface area (TPSA) is 138 Å². The van der Waals surface area contributed by atoms with E-state index in [2.05, 4.69) is 15.6 Å². The fraction of sp³-hybridized carbons (Fsp3) is 0.208. The molecule has 2 aromatic carbocycles. The number of carbonyl (C=O) groups is 2. The number of nitrogens with zero attached hydrogens (tertiary/aromatic N) is 1. The number of pyridine rings is 1. The summed E-state index contributed by atoms with van der Waals surface area (Å²) in [4.78, 5) is 28.5. The molecule has 37 heavy (non-hydrogen) atoms. The maximum Gasteiger partial charge on any atom is 0.342 e. The molecule has 0 spiro atoms. The van der Waals surface area contributed by atoms with Crippen molar-refractivity contribution in [1.82, 2.24) is 10.3 Å². The maximum atomic E-state index is 14.8. The number of hydrogen-bond donors (Lipinski definition) is 5. The van der Waals surface area contributed by atoms with E-state index in [4.69, 9.17) is 10.8 Å². The number of carbonyl (C=O) groups excluding carboxylic acids is 2. The summed E-state index contributed by atoms with van der Waals surface area (Å²) in [5, 5.41) is 21.8. The molecule has 8 nitrogen and oxygen atoms in total. The number of nitrogens with two attached hydrogens (primary N) is 1.